The highest BCUT2D eigenvalue weighted by Gasteiger charge is 2.03. The molecule has 0 aliphatic carbocycles. The molecule has 0 amide bonds. The van der Waals surface area contributed by atoms with Gasteiger partial charge < -0.3 is 0 Å². The molecule has 0 bridgehead atoms. The zero-order valence-corrected chi connectivity index (χ0v) is 9.54. The van der Waals surface area contributed by atoms with Crippen molar-refractivity contribution >= 4 is 31.9 Å². The summed E-state index contributed by atoms with van der Waals surface area (Å²) >= 11 is 6.88. The van der Waals surface area contributed by atoms with E-state index in [9.17, 15) is 0 Å². The molecule has 0 aliphatic heterocycles. The van der Waals surface area contributed by atoms with Gasteiger partial charge in [0, 0.05) is 9.31 Å². The van der Waals surface area contributed by atoms with E-state index in [2.05, 4.69) is 45.4 Å². The van der Waals surface area contributed by atoms with E-state index in [0.717, 1.165) is 4.48 Å². The largest absolute Gasteiger partial charge is 0.0877 e. The third kappa shape index (κ3) is 5.48. The van der Waals surface area contributed by atoms with Crippen LogP contribution in [0.3, 0.4) is 0 Å². The van der Waals surface area contributed by atoms with E-state index in [0.29, 0.717) is 4.83 Å². The van der Waals surface area contributed by atoms with Crippen molar-refractivity contribution in [2.75, 3.05) is 0 Å². The number of unbranched alkanes of at least 4 members (excludes halogenated alkanes) is 2. The van der Waals surface area contributed by atoms with Crippen molar-refractivity contribution < 1.29 is 0 Å². The van der Waals surface area contributed by atoms with Crippen molar-refractivity contribution in [3.05, 3.63) is 11.1 Å². The molecule has 1 atom stereocenters. The van der Waals surface area contributed by atoms with E-state index in [4.69, 9.17) is 0 Å². The van der Waals surface area contributed by atoms with Gasteiger partial charge >= 0.3 is 0 Å². The SMILES string of the molecule is C=C(Br)C(Br)CCCCC. The summed E-state index contributed by atoms with van der Waals surface area (Å²) in [6.45, 7) is 6.02. The Balaban J connectivity index is 3.21. The Bertz CT molecular complexity index is 99.4. The highest BCUT2D eigenvalue weighted by molar-refractivity contribution is 9.14. The molecular formula is C8H14Br2. The summed E-state index contributed by atoms with van der Waals surface area (Å²) in [6, 6.07) is 0. The quantitative estimate of drug-likeness (QED) is 0.517. The average molecular weight is 270 g/mol. The minimum atomic E-state index is 0.457. The van der Waals surface area contributed by atoms with Crippen molar-refractivity contribution in [1.29, 1.82) is 0 Å². The molecule has 0 spiro atoms. The van der Waals surface area contributed by atoms with Crippen LogP contribution in [0.5, 0.6) is 0 Å². The normalized spacial score (nSPS) is 13.1. The van der Waals surface area contributed by atoms with Crippen molar-refractivity contribution in [2.45, 2.75) is 37.4 Å². The maximum atomic E-state index is 3.80. The van der Waals surface area contributed by atoms with E-state index in [1.165, 1.54) is 25.7 Å². The van der Waals surface area contributed by atoms with Gasteiger partial charge in [-0.15, -0.1) is 0 Å². The molecule has 0 heterocycles. The molecule has 0 saturated heterocycles. The van der Waals surface area contributed by atoms with E-state index in [-0.39, 0.29) is 0 Å². The van der Waals surface area contributed by atoms with Crippen LogP contribution >= 0.6 is 31.9 Å². The molecule has 0 N–H and O–H groups in total. The van der Waals surface area contributed by atoms with Crippen LogP contribution in [0.1, 0.15) is 32.6 Å². The second kappa shape index (κ2) is 6.41. The number of alkyl halides is 1. The molecular weight excluding hydrogens is 256 g/mol. The van der Waals surface area contributed by atoms with Crippen LogP contribution in [0.2, 0.25) is 0 Å². The number of hydrogen-bond donors (Lipinski definition) is 0. The van der Waals surface area contributed by atoms with Crippen molar-refractivity contribution in [1.82, 2.24) is 0 Å². The molecule has 0 aromatic carbocycles. The Morgan fingerprint density at radius 3 is 2.50 bits per heavy atom. The van der Waals surface area contributed by atoms with Crippen LogP contribution in [0.15, 0.2) is 11.1 Å². The summed E-state index contributed by atoms with van der Waals surface area (Å²) in [5.74, 6) is 0. The lowest BCUT2D eigenvalue weighted by Gasteiger charge is -2.05. The van der Waals surface area contributed by atoms with E-state index in [1.54, 1.807) is 0 Å². The number of rotatable bonds is 5. The second-order valence-electron chi connectivity index (χ2n) is 2.41. The lowest BCUT2D eigenvalue weighted by atomic mass is 10.1. The van der Waals surface area contributed by atoms with Crippen LogP contribution in [0.25, 0.3) is 0 Å². The van der Waals surface area contributed by atoms with Crippen LogP contribution in [0.4, 0.5) is 0 Å². The van der Waals surface area contributed by atoms with E-state index < -0.39 is 0 Å². The number of allylic oxidation sites excluding steroid dienone is 1. The fourth-order valence-corrected chi connectivity index (χ4v) is 1.28. The van der Waals surface area contributed by atoms with Gasteiger partial charge in [0.25, 0.3) is 0 Å². The lowest BCUT2D eigenvalue weighted by Crippen LogP contribution is -1.95. The third-order valence-corrected chi connectivity index (χ3v) is 3.58. The monoisotopic (exact) mass is 268 g/mol. The molecule has 0 fully saturated rings. The summed E-state index contributed by atoms with van der Waals surface area (Å²) in [4.78, 5) is 0.457. The molecule has 0 aliphatic rings. The summed E-state index contributed by atoms with van der Waals surface area (Å²) in [5, 5.41) is 0. The van der Waals surface area contributed by atoms with Crippen molar-refractivity contribution in [3.63, 3.8) is 0 Å². The number of hydrogen-bond acceptors (Lipinski definition) is 0. The summed E-state index contributed by atoms with van der Waals surface area (Å²) in [7, 11) is 0. The van der Waals surface area contributed by atoms with E-state index >= 15 is 0 Å². The highest BCUT2D eigenvalue weighted by atomic mass is 79.9. The molecule has 0 aromatic rings. The Hall–Kier alpha value is 0.700. The zero-order chi connectivity index (χ0) is 7.98. The second-order valence-corrected chi connectivity index (χ2v) is 4.53. The number of halogens is 2. The molecule has 0 saturated carbocycles. The molecule has 0 aromatic heterocycles. The van der Waals surface area contributed by atoms with Gasteiger partial charge in [-0.1, -0.05) is 64.6 Å². The molecule has 10 heavy (non-hydrogen) atoms. The van der Waals surface area contributed by atoms with Gasteiger partial charge in [-0.3, -0.25) is 0 Å². The van der Waals surface area contributed by atoms with Crippen LogP contribution in [-0.2, 0) is 0 Å². The van der Waals surface area contributed by atoms with Gasteiger partial charge in [-0.25, -0.2) is 0 Å². The average Bonchev–Trinajstić information content (AvgIpc) is 1.88. The summed E-state index contributed by atoms with van der Waals surface area (Å²) in [6.07, 6.45) is 5.09. The predicted molar refractivity (Wildman–Crippen MR) is 54.9 cm³/mol. The topological polar surface area (TPSA) is 0 Å². The standard InChI is InChI=1S/C8H14Br2/c1-3-4-5-6-8(10)7(2)9/h8H,2-6H2,1H3. The smallest absolute Gasteiger partial charge is 0.0455 e. The Kier molecular flexibility index (Phi) is 6.86. The van der Waals surface area contributed by atoms with Crippen LogP contribution in [0, 0.1) is 0 Å². The highest BCUT2D eigenvalue weighted by Crippen LogP contribution is 2.21. The lowest BCUT2D eigenvalue weighted by molar-refractivity contribution is 0.683. The fraction of sp³-hybridized carbons (Fsp3) is 0.750. The minimum Gasteiger partial charge on any atom is -0.0877 e. The van der Waals surface area contributed by atoms with Crippen LogP contribution in [-0.4, -0.2) is 4.83 Å². The zero-order valence-electron chi connectivity index (χ0n) is 6.37. The Labute approximate surface area is 80.3 Å². The van der Waals surface area contributed by atoms with Gasteiger partial charge in [-0.05, 0) is 6.42 Å². The first-order valence-electron chi connectivity index (χ1n) is 3.66. The minimum absolute atomic E-state index is 0.457. The van der Waals surface area contributed by atoms with Crippen molar-refractivity contribution in [2.24, 2.45) is 0 Å². The molecule has 1 unspecified atom stereocenters. The Morgan fingerprint density at radius 1 is 1.50 bits per heavy atom. The fourth-order valence-electron chi connectivity index (χ4n) is 0.730. The van der Waals surface area contributed by atoms with Crippen molar-refractivity contribution in [3.8, 4) is 0 Å². The van der Waals surface area contributed by atoms with E-state index in [1.807, 2.05) is 0 Å². The third-order valence-electron chi connectivity index (χ3n) is 1.40. The van der Waals surface area contributed by atoms with Gasteiger partial charge in [0.05, 0.1) is 0 Å². The molecule has 2 heteroatoms. The molecule has 0 rings (SSSR count). The first-order valence-corrected chi connectivity index (χ1v) is 5.37. The first-order chi connectivity index (χ1) is 4.68. The predicted octanol–water partition coefficient (Wildman–Crippen LogP) is 4.24. The molecule has 60 valence electrons. The maximum absolute atomic E-state index is 3.80. The molecule has 0 radical (unpaired) electrons. The Morgan fingerprint density at radius 2 is 2.10 bits per heavy atom. The molecule has 0 nitrogen and oxygen atoms in total. The summed E-state index contributed by atoms with van der Waals surface area (Å²) < 4.78 is 1.06. The summed E-state index contributed by atoms with van der Waals surface area (Å²) in [5.41, 5.74) is 0. The van der Waals surface area contributed by atoms with Gasteiger partial charge in [0.1, 0.15) is 0 Å². The van der Waals surface area contributed by atoms with Gasteiger partial charge in [-0.2, -0.15) is 0 Å². The first kappa shape index (κ1) is 10.7. The van der Waals surface area contributed by atoms with Crippen LogP contribution < -0.4 is 0 Å². The maximum Gasteiger partial charge on any atom is 0.0455 e. The van der Waals surface area contributed by atoms with Gasteiger partial charge in [0.15, 0.2) is 0 Å². The van der Waals surface area contributed by atoms with Gasteiger partial charge in [0.2, 0.25) is 0 Å².